The second-order valence-electron chi connectivity index (χ2n) is 2.60. The molecule has 0 saturated carbocycles. The van der Waals surface area contributed by atoms with Gasteiger partial charge in [-0.1, -0.05) is 18.1 Å². The smallest absolute Gasteiger partial charge is 0.384 e. The van der Waals surface area contributed by atoms with E-state index in [2.05, 4.69) is 16.6 Å². The van der Waals surface area contributed by atoms with Gasteiger partial charge in [-0.2, -0.15) is 0 Å². The summed E-state index contributed by atoms with van der Waals surface area (Å²) in [5, 5.41) is 8.85. The zero-order valence-electron chi connectivity index (χ0n) is 7.78. The standard InChI is InChI=1S/C11H10O3/c1-14-11(13)6-5-9-3-2-4-10(7-9)8-12/h2-4,7,12H,8H2,1H3. The Morgan fingerprint density at radius 3 is 3.00 bits per heavy atom. The minimum absolute atomic E-state index is 0.0340. The predicted molar refractivity (Wildman–Crippen MR) is 51.3 cm³/mol. The molecule has 1 aromatic carbocycles. The highest BCUT2D eigenvalue weighted by Crippen LogP contribution is 2.03. The Morgan fingerprint density at radius 1 is 1.57 bits per heavy atom. The molecule has 0 spiro atoms. The molecule has 1 aromatic rings. The number of aliphatic hydroxyl groups is 1. The van der Waals surface area contributed by atoms with Gasteiger partial charge in [-0.05, 0) is 17.7 Å². The first-order chi connectivity index (χ1) is 6.76. The van der Waals surface area contributed by atoms with E-state index in [1.807, 2.05) is 0 Å². The van der Waals surface area contributed by atoms with Crippen molar-refractivity contribution < 1.29 is 14.6 Å². The normalized spacial score (nSPS) is 8.71. The number of carbonyl (C=O) groups excluding carboxylic acids is 1. The average molecular weight is 190 g/mol. The van der Waals surface area contributed by atoms with Gasteiger partial charge in [-0.25, -0.2) is 4.79 Å². The number of hydrogen-bond acceptors (Lipinski definition) is 3. The maximum atomic E-state index is 10.7. The van der Waals surface area contributed by atoms with E-state index in [4.69, 9.17) is 5.11 Å². The molecule has 0 aliphatic carbocycles. The third-order valence-corrected chi connectivity index (χ3v) is 1.60. The number of hydrogen-bond donors (Lipinski definition) is 1. The van der Waals surface area contributed by atoms with Gasteiger partial charge in [0.1, 0.15) is 0 Å². The van der Waals surface area contributed by atoms with E-state index < -0.39 is 5.97 Å². The third-order valence-electron chi connectivity index (χ3n) is 1.60. The molecule has 0 aromatic heterocycles. The van der Waals surface area contributed by atoms with E-state index in [0.717, 1.165) is 5.56 Å². The van der Waals surface area contributed by atoms with Crippen LogP contribution in [0.15, 0.2) is 24.3 Å². The Bertz CT molecular complexity index is 385. The predicted octanol–water partition coefficient (Wildman–Crippen LogP) is 0.703. The minimum Gasteiger partial charge on any atom is -0.459 e. The molecule has 0 amide bonds. The number of benzene rings is 1. The summed E-state index contributed by atoms with van der Waals surface area (Å²) >= 11 is 0. The van der Waals surface area contributed by atoms with Crippen molar-refractivity contribution in [2.24, 2.45) is 0 Å². The zero-order chi connectivity index (χ0) is 10.4. The van der Waals surface area contributed by atoms with Crippen molar-refractivity contribution in [2.45, 2.75) is 6.61 Å². The fourth-order valence-electron chi connectivity index (χ4n) is 0.922. The Labute approximate surface area is 82.3 Å². The highest BCUT2D eigenvalue weighted by molar-refractivity contribution is 5.88. The molecule has 0 aliphatic heterocycles. The van der Waals surface area contributed by atoms with Crippen LogP contribution in [0.3, 0.4) is 0 Å². The lowest BCUT2D eigenvalue weighted by molar-refractivity contribution is -0.133. The highest BCUT2D eigenvalue weighted by Gasteiger charge is 1.93. The lowest BCUT2D eigenvalue weighted by Gasteiger charge is -1.95. The molecular formula is C11H10O3. The first-order valence-corrected chi connectivity index (χ1v) is 4.06. The van der Waals surface area contributed by atoms with E-state index in [1.54, 1.807) is 24.3 Å². The van der Waals surface area contributed by atoms with Gasteiger partial charge in [0, 0.05) is 11.5 Å². The molecule has 0 heterocycles. The summed E-state index contributed by atoms with van der Waals surface area (Å²) in [5.41, 5.74) is 1.45. The summed E-state index contributed by atoms with van der Waals surface area (Å²) in [6, 6.07) is 7.03. The van der Waals surface area contributed by atoms with Crippen molar-refractivity contribution in [1.82, 2.24) is 0 Å². The molecule has 3 heteroatoms. The Hall–Kier alpha value is -1.79. The molecule has 0 radical (unpaired) electrons. The van der Waals surface area contributed by atoms with Crippen LogP contribution >= 0.6 is 0 Å². The van der Waals surface area contributed by atoms with Gasteiger partial charge in [-0.3, -0.25) is 0 Å². The van der Waals surface area contributed by atoms with Crippen LogP contribution in [0.25, 0.3) is 0 Å². The number of aliphatic hydroxyl groups excluding tert-OH is 1. The third kappa shape index (κ3) is 2.92. The van der Waals surface area contributed by atoms with Crippen molar-refractivity contribution >= 4 is 5.97 Å². The molecule has 1 N–H and O–H groups in total. The van der Waals surface area contributed by atoms with Gasteiger partial charge in [0.15, 0.2) is 0 Å². The summed E-state index contributed by atoms with van der Waals surface area (Å²) in [4.78, 5) is 10.7. The van der Waals surface area contributed by atoms with E-state index >= 15 is 0 Å². The Balaban J connectivity index is 2.84. The van der Waals surface area contributed by atoms with Crippen LogP contribution in [0.4, 0.5) is 0 Å². The summed E-state index contributed by atoms with van der Waals surface area (Å²) in [5.74, 6) is 4.37. The monoisotopic (exact) mass is 190 g/mol. The van der Waals surface area contributed by atoms with E-state index in [-0.39, 0.29) is 6.61 Å². The van der Waals surface area contributed by atoms with Crippen molar-refractivity contribution in [3.05, 3.63) is 35.4 Å². The Kier molecular flexibility index (Phi) is 3.71. The second-order valence-corrected chi connectivity index (χ2v) is 2.60. The van der Waals surface area contributed by atoms with Crippen LogP contribution in [-0.4, -0.2) is 18.2 Å². The number of rotatable bonds is 1. The molecule has 72 valence electrons. The van der Waals surface area contributed by atoms with Crippen molar-refractivity contribution in [3.8, 4) is 11.8 Å². The van der Waals surface area contributed by atoms with Crippen LogP contribution in [0, 0.1) is 11.8 Å². The number of methoxy groups -OCH3 is 1. The Morgan fingerprint density at radius 2 is 2.36 bits per heavy atom. The van der Waals surface area contributed by atoms with Gasteiger partial charge in [0.05, 0.1) is 13.7 Å². The minimum atomic E-state index is -0.570. The molecular weight excluding hydrogens is 180 g/mol. The zero-order valence-corrected chi connectivity index (χ0v) is 7.78. The van der Waals surface area contributed by atoms with Gasteiger partial charge in [0.2, 0.25) is 0 Å². The van der Waals surface area contributed by atoms with Gasteiger partial charge < -0.3 is 9.84 Å². The molecule has 0 bridgehead atoms. The lowest BCUT2D eigenvalue weighted by Crippen LogP contribution is -1.94. The molecule has 0 aliphatic rings. The van der Waals surface area contributed by atoms with Crippen LogP contribution in [0.1, 0.15) is 11.1 Å². The van der Waals surface area contributed by atoms with Gasteiger partial charge in [0.25, 0.3) is 0 Å². The van der Waals surface area contributed by atoms with Gasteiger partial charge >= 0.3 is 5.97 Å². The first kappa shape index (κ1) is 10.3. The van der Waals surface area contributed by atoms with Gasteiger partial charge in [-0.15, -0.1) is 0 Å². The maximum absolute atomic E-state index is 10.7. The molecule has 1 rings (SSSR count). The van der Waals surface area contributed by atoms with Crippen molar-refractivity contribution in [3.63, 3.8) is 0 Å². The maximum Gasteiger partial charge on any atom is 0.384 e. The fraction of sp³-hybridized carbons (Fsp3) is 0.182. The van der Waals surface area contributed by atoms with Crippen LogP contribution in [-0.2, 0) is 16.1 Å². The number of esters is 1. The average Bonchev–Trinajstić information content (AvgIpc) is 2.26. The molecule has 3 nitrogen and oxygen atoms in total. The second kappa shape index (κ2) is 5.05. The summed E-state index contributed by atoms with van der Waals surface area (Å²) in [6.45, 7) is -0.0340. The number of carbonyl (C=O) groups is 1. The molecule has 0 fully saturated rings. The summed E-state index contributed by atoms with van der Waals surface area (Å²) < 4.78 is 4.37. The quantitative estimate of drug-likeness (QED) is 0.524. The lowest BCUT2D eigenvalue weighted by atomic mass is 10.1. The van der Waals surface area contributed by atoms with E-state index in [0.29, 0.717) is 5.56 Å². The topological polar surface area (TPSA) is 46.5 Å². The van der Waals surface area contributed by atoms with Crippen LogP contribution < -0.4 is 0 Å². The molecule has 0 saturated heterocycles. The SMILES string of the molecule is COC(=O)C#Cc1cccc(CO)c1. The molecule has 0 unspecified atom stereocenters. The summed E-state index contributed by atoms with van der Waals surface area (Å²) in [6.07, 6.45) is 0. The highest BCUT2D eigenvalue weighted by atomic mass is 16.5. The largest absolute Gasteiger partial charge is 0.459 e. The van der Waals surface area contributed by atoms with E-state index in [9.17, 15) is 4.79 Å². The van der Waals surface area contributed by atoms with Crippen LogP contribution in [0.5, 0.6) is 0 Å². The van der Waals surface area contributed by atoms with Crippen molar-refractivity contribution in [1.29, 1.82) is 0 Å². The number of ether oxygens (including phenoxy) is 1. The molecule has 14 heavy (non-hydrogen) atoms. The van der Waals surface area contributed by atoms with E-state index in [1.165, 1.54) is 7.11 Å². The van der Waals surface area contributed by atoms with Crippen molar-refractivity contribution in [2.75, 3.05) is 7.11 Å². The fourth-order valence-corrected chi connectivity index (χ4v) is 0.922. The molecule has 0 atom stereocenters. The van der Waals surface area contributed by atoms with Crippen LogP contribution in [0.2, 0.25) is 0 Å². The summed E-state index contributed by atoms with van der Waals surface area (Å²) in [7, 11) is 1.28. The first-order valence-electron chi connectivity index (χ1n) is 4.06.